The molecule has 0 bridgehead atoms. The number of benzene rings is 2. The lowest BCUT2D eigenvalue weighted by Crippen LogP contribution is -2.01. The summed E-state index contributed by atoms with van der Waals surface area (Å²) in [5, 5.41) is 9.32. The first-order valence-electron chi connectivity index (χ1n) is 9.23. The van der Waals surface area contributed by atoms with Gasteiger partial charge in [-0.3, -0.25) is 0 Å². The minimum atomic E-state index is 0.490. The Labute approximate surface area is 161 Å². The van der Waals surface area contributed by atoms with Gasteiger partial charge in [-0.2, -0.15) is 5.26 Å². The van der Waals surface area contributed by atoms with Crippen LogP contribution in [0.5, 0.6) is 11.5 Å². The summed E-state index contributed by atoms with van der Waals surface area (Å²) >= 11 is 6.04. The zero-order chi connectivity index (χ0) is 18.6. The number of aryl methyl sites for hydroxylation is 1. The largest absolute Gasteiger partial charge is 0.494 e. The maximum Gasteiger partial charge on any atom is 0.123 e. The monoisotopic (exact) mass is 371 g/mol. The molecular weight excluding hydrogens is 346 g/mol. The summed E-state index contributed by atoms with van der Waals surface area (Å²) in [5.74, 6) is 1.73. The van der Waals surface area contributed by atoms with Crippen LogP contribution in [0.3, 0.4) is 0 Å². The van der Waals surface area contributed by atoms with Crippen LogP contribution in [0.25, 0.3) is 0 Å². The van der Waals surface area contributed by atoms with Crippen LogP contribution in [-0.4, -0.2) is 6.61 Å². The van der Waals surface area contributed by atoms with Gasteiger partial charge in [-0.25, -0.2) is 0 Å². The molecule has 0 aliphatic carbocycles. The smallest absolute Gasteiger partial charge is 0.123 e. The summed E-state index contributed by atoms with van der Waals surface area (Å²) in [6.07, 6.45) is 5.74. The molecule has 138 valence electrons. The van der Waals surface area contributed by atoms with Gasteiger partial charge in [-0.05, 0) is 60.7 Å². The van der Waals surface area contributed by atoms with Crippen LogP contribution in [0.1, 0.15) is 50.2 Å². The third-order valence-corrected chi connectivity index (χ3v) is 4.30. The lowest BCUT2D eigenvalue weighted by molar-refractivity contribution is 0.296. The molecule has 0 aromatic heterocycles. The van der Waals surface area contributed by atoms with Gasteiger partial charge in [0.25, 0.3) is 0 Å². The van der Waals surface area contributed by atoms with E-state index in [1.807, 2.05) is 36.4 Å². The molecule has 0 amide bonds. The zero-order valence-corrected chi connectivity index (χ0v) is 16.1. The number of nitriles is 1. The summed E-state index contributed by atoms with van der Waals surface area (Å²) < 4.78 is 11.8. The van der Waals surface area contributed by atoms with Crippen molar-refractivity contribution in [1.82, 2.24) is 0 Å². The maximum atomic E-state index is 8.60. The van der Waals surface area contributed by atoms with Crippen LogP contribution in [-0.2, 0) is 13.0 Å². The molecular formula is C22H26ClNO2. The van der Waals surface area contributed by atoms with E-state index in [0.29, 0.717) is 19.6 Å². The zero-order valence-electron chi connectivity index (χ0n) is 15.3. The number of halogens is 1. The van der Waals surface area contributed by atoms with Gasteiger partial charge >= 0.3 is 0 Å². The Morgan fingerprint density at radius 3 is 2.69 bits per heavy atom. The number of rotatable bonds is 11. The fraction of sp³-hybridized carbons (Fsp3) is 0.409. The summed E-state index contributed by atoms with van der Waals surface area (Å²) in [5.41, 5.74) is 2.21. The lowest BCUT2D eigenvalue weighted by Gasteiger charge is -2.14. The minimum Gasteiger partial charge on any atom is -0.494 e. The van der Waals surface area contributed by atoms with Crippen molar-refractivity contribution >= 4 is 11.6 Å². The molecule has 0 saturated carbocycles. The molecule has 0 spiro atoms. The van der Waals surface area contributed by atoms with Crippen LogP contribution in [0.15, 0.2) is 42.5 Å². The molecule has 26 heavy (non-hydrogen) atoms. The van der Waals surface area contributed by atoms with Crippen LogP contribution in [0, 0.1) is 11.3 Å². The van der Waals surface area contributed by atoms with Crippen molar-refractivity contribution < 1.29 is 9.47 Å². The Hall–Kier alpha value is -2.18. The van der Waals surface area contributed by atoms with Gasteiger partial charge in [-0.1, -0.05) is 43.5 Å². The standard InChI is InChI=1S/C22H26ClNO2/c1-2-3-4-9-19-16-21(25-14-6-5-13-24)11-12-22(19)26-17-18-8-7-10-20(23)15-18/h7-8,10-12,15-16H,2-6,9,14,17H2,1H3. The van der Waals surface area contributed by atoms with Crippen LogP contribution >= 0.6 is 11.6 Å². The van der Waals surface area contributed by atoms with Gasteiger partial charge < -0.3 is 9.47 Å². The van der Waals surface area contributed by atoms with Crippen LogP contribution in [0.2, 0.25) is 5.02 Å². The lowest BCUT2D eigenvalue weighted by atomic mass is 10.1. The number of hydrogen-bond donors (Lipinski definition) is 0. The maximum absolute atomic E-state index is 8.60. The molecule has 0 heterocycles. The molecule has 0 N–H and O–H groups in total. The molecule has 4 heteroatoms. The van der Waals surface area contributed by atoms with E-state index in [0.717, 1.165) is 41.3 Å². The molecule has 2 aromatic rings. The number of nitrogens with zero attached hydrogens (tertiary/aromatic N) is 1. The average molecular weight is 372 g/mol. The van der Waals surface area contributed by atoms with Crippen molar-refractivity contribution in [3.05, 3.63) is 58.6 Å². The van der Waals surface area contributed by atoms with Gasteiger partial charge in [-0.15, -0.1) is 0 Å². The molecule has 0 aliphatic heterocycles. The third-order valence-electron chi connectivity index (χ3n) is 4.07. The molecule has 0 atom stereocenters. The van der Waals surface area contributed by atoms with E-state index in [-0.39, 0.29) is 0 Å². The number of unbranched alkanes of at least 4 members (excludes halogenated alkanes) is 3. The highest BCUT2D eigenvalue weighted by Crippen LogP contribution is 2.27. The third kappa shape index (κ3) is 6.98. The van der Waals surface area contributed by atoms with Crippen molar-refractivity contribution in [2.75, 3.05) is 6.61 Å². The van der Waals surface area contributed by atoms with Gasteiger partial charge in [0, 0.05) is 11.4 Å². The molecule has 0 aliphatic rings. The predicted octanol–water partition coefficient (Wildman–Crippen LogP) is 6.33. The van der Waals surface area contributed by atoms with Gasteiger partial charge in [0.2, 0.25) is 0 Å². The molecule has 2 aromatic carbocycles. The fourth-order valence-electron chi connectivity index (χ4n) is 2.68. The van der Waals surface area contributed by atoms with Crippen molar-refractivity contribution in [2.24, 2.45) is 0 Å². The normalized spacial score (nSPS) is 10.3. The van der Waals surface area contributed by atoms with Gasteiger partial charge in [0.05, 0.1) is 12.7 Å². The number of hydrogen-bond acceptors (Lipinski definition) is 3. The van der Waals surface area contributed by atoms with E-state index in [9.17, 15) is 0 Å². The quantitative estimate of drug-likeness (QED) is 0.433. The molecule has 3 nitrogen and oxygen atoms in total. The molecule has 0 unspecified atom stereocenters. The Bertz CT molecular complexity index is 724. The summed E-state index contributed by atoms with van der Waals surface area (Å²) in [4.78, 5) is 0. The van der Waals surface area contributed by atoms with Gasteiger partial charge in [0.15, 0.2) is 0 Å². The highest BCUT2D eigenvalue weighted by atomic mass is 35.5. The highest BCUT2D eigenvalue weighted by Gasteiger charge is 2.07. The Morgan fingerprint density at radius 1 is 1.04 bits per heavy atom. The Balaban J connectivity index is 2.03. The van der Waals surface area contributed by atoms with Gasteiger partial charge in [0.1, 0.15) is 18.1 Å². The summed E-state index contributed by atoms with van der Waals surface area (Å²) in [6, 6.07) is 15.8. The van der Waals surface area contributed by atoms with E-state index in [2.05, 4.69) is 19.1 Å². The molecule has 0 saturated heterocycles. The van der Waals surface area contributed by atoms with Crippen LogP contribution < -0.4 is 9.47 Å². The first kappa shape index (κ1) is 20.1. The average Bonchev–Trinajstić information content (AvgIpc) is 2.65. The topological polar surface area (TPSA) is 42.2 Å². The van der Waals surface area contributed by atoms with E-state index in [1.165, 1.54) is 18.4 Å². The molecule has 0 radical (unpaired) electrons. The second-order valence-electron chi connectivity index (χ2n) is 6.26. The first-order chi connectivity index (χ1) is 12.7. The summed E-state index contributed by atoms with van der Waals surface area (Å²) in [7, 11) is 0. The van der Waals surface area contributed by atoms with E-state index in [1.54, 1.807) is 0 Å². The first-order valence-corrected chi connectivity index (χ1v) is 9.60. The van der Waals surface area contributed by atoms with Crippen molar-refractivity contribution in [3.8, 4) is 17.6 Å². The second-order valence-corrected chi connectivity index (χ2v) is 6.69. The van der Waals surface area contributed by atoms with E-state index >= 15 is 0 Å². The van der Waals surface area contributed by atoms with E-state index in [4.69, 9.17) is 26.3 Å². The molecule has 0 fully saturated rings. The Morgan fingerprint density at radius 2 is 1.92 bits per heavy atom. The van der Waals surface area contributed by atoms with E-state index < -0.39 is 0 Å². The fourth-order valence-corrected chi connectivity index (χ4v) is 2.89. The highest BCUT2D eigenvalue weighted by molar-refractivity contribution is 6.30. The predicted molar refractivity (Wildman–Crippen MR) is 106 cm³/mol. The van der Waals surface area contributed by atoms with Crippen LogP contribution in [0.4, 0.5) is 0 Å². The minimum absolute atomic E-state index is 0.490. The van der Waals surface area contributed by atoms with Crippen molar-refractivity contribution in [2.45, 2.75) is 52.1 Å². The molecule has 2 rings (SSSR count). The van der Waals surface area contributed by atoms with Crippen molar-refractivity contribution in [3.63, 3.8) is 0 Å². The van der Waals surface area contributed by atoms with Crippen molar-refractivity contribution in [1.29, 1.82) is 5.26 Å². The number of ether oxygens (including phenoxy) is 2. The Kier molecular flexibility index (Phi) is 8.86. The SMILES string of the molecule is CCCCCc1cc(OCCCC#N)ccc1OCc1cccc(Cl)c1. The summed E-state index contributed by atoms with van der Waals surface area (Å²) in [6.45, 7) is 3.25. The second kappa shape index (κ2) is 11.4.